The summed E-state index contributed by atoms with van der Waals surface area (Å²) in [6, 6.07) is 0.140. The lowest BCUT2D eigenvalue weighted by Gasteiger charge is -2.31. The predicted molar refractivity (Wildman–Crippen MR) is 72.5 cm³/mol. The zero-order valence-corrected chi connectivity index (χ0v) is 11.2. The summed E-state index contributed by atoms with van der Waals surface area (Å²) < 4.78 is 0. The minimum Gasteiger partial charge on any atom is -0.396 e. The average molecular weight is 255 g/mol. The molecule has 1 atom stereocenters. The number of piperidine rings is 1. The maximum atomic E-state index is 11.7. The molecule has 0 aromatic heterocycles. The molecule has 3 N–H and O–H groups in total. The molecule has 0 radical (unpaired) electrons. The molecule has 0 unspecified atom stereocenters. The van der Waals surface area contributed by atoms with Gasteiger partial charge in [-0.25, -0.2) is 4.79 Å². The van der Waals surface area contributed by atoms with Crippen molar-refractivity contribution >= 4 is 6.03 Å². The second kappa shape index (κ2) is 8.11. The fourth-order valence-corrected chi connectivity index (χ4v) is 2.16. The van der Waals surface area contributed by atoms with E-state index in [0.29, 0.717) is 6.42 Å². The van der Waals surface area contributed by atoms with Crippen molar-refractivity contribution in [1.29, 1.82) is 0 Å². The van der Waals surface area contributed by atoms with Gasteiger partial charge in [0.05, 0.1) is 0 Å². The fraction of sp³-hybridized carbons (Fsp3) is 0.769. The van der Waals surface area contributed by atoms with Crippen molar-refractivity contribution < 1.29 is 9.90 Å². The molecule has 0 aromatic carbocycles. The van der Waals surface area contributed by atoms with Gasteiger partial charge in [0.15, 0.2) is 0 Å². The molecular formula is C13H25N3O2. The van der Waals surface area contributed by atoms with Crippen molar-refractivity contribution in [2.24, 2.45) is 0 Å². The van der Waals surface area contributed by atoms with Gasteiger partial charge < -0.3 is 15.7 Å². The molecule has 1 heterocycles. The fourth-order valence-electron chi connectivity index (χ4n) is 2.16. The Bertz CT molecular complexity index is 263. The maximum absolute atomic E-state index is 11.7. The van der Waals surface area contributed by atoms with Crippen molar-refractivity contribution in [2.45, 2.75) is 38.3 Å². The number of likely N-dealkylation sites (tertiary alicyclic amines) is 1. The monoisotopic (exact) mass is 255 g/mol. The number of rotatable bonds is 6. The number of carbonyl (C=O) groups excluding carboxylic acids is 1. The van der Waals surface area contributed by atoms with Crippen LogP contribution in [0.5, 0.6) is 0 Å². The van der Waals surface area contributed by atoms with Gasteiger partial charge in [-0.2, -0.15) is 0 Å². The van der Waals surface area contributed by atoms with Crippen LogP contribution in [0.3, 0.4) is 0 Å². The minimum atomic E-state index is -0.127. The van der Waals surface area contributed by atoms with E-state index in [1.165, 1.54) is 0 Å². The number of aliphatic hydroxyl groups excluding tert-OH is 1. The molecule has 5 heteroatoms. The first-order chi connectivity index (χ1) is 8.65. The standard InChI is InChI=1S/C13H25N3O2/c1-3-7-16-8-4-12(5-9-16)15-13(18)14-11(2)6-10-17/h3,11-12,17H,1,4-10H2,2H3,(H2,14,15,18)/t11-/m1/s1. The molecule has 0 bridgehead atoms. The number of amides is 2. The Balaban J connectivity index is 2.19. The van der Waals surface area contributed by atoms with Gasteiger partial charge in [0.1, 0.15) is 0 Å². The Hall–Kier alpha value is -1.07. The minimum absolute atomic E-state index is 0.0101. The van der Waals surface area contributed by atoms with Crippen molar-refractivity contribution in [3.8, 4) is 0 Å². The SMILES string of the molecule is C=CCN1CCC(NC(=O)N[C@H](C)CCO)CC1. The molecule has 2 amide bonds. The summed E-state index contributed by atoms with van der Waals surface area (Å²) >= 11 is 0. The zero-order chi connectivity index (χ0) is 13.4. The third kappa shape index (κ3) is 5.51. The van der Waals surface area contributed by atoms with Crippen LogP contribution < -0.4 is 10.6 Å². The number of hydrogen-bond donors (Lipinski definition) is 3. The van der Waals surface area contributed by atoms with Crippen LogP contribution in [0.1, 0.15) is 26.2 Å². The smallest absolute Gasteiger partial charge is 0.315 e. The summed E-state index contributed by atoms with van der Waals surface area (Å²) in [4.78, 5) is 14.0. The average Bonchev–Trinajstić information content (AvgIpc) is 2.32. The lowest BCUT2D eigenvalue weighted by molar-refractivity contribution is 0.200. The largest absolute Gasteiger partial charge is 0.396 e. The molecule has 0 aliphatic carbocycles. The lowest BCUT2D eigenvalue weighted by atomic mass is 10.1. The van der Waals surface area contributed by atoms with E-state index in [-0.39, 0.29) is 24.7 Å². The van der Waals surface area contributed by atoms with Crippen molar-refractivity contribution in [2.75, 3.05) is 26.2 Å². The Morgan fingerprint density at radius 2 is 2.22 bits per heavy atom. The molecule has 0 saturated carbocycles. The van der Waals surface area contributed by atoms with E-state index in [1.807, 2.05) is 13.0 Å². The summed E-state index contributed by atoms with van der Waals surface area (Å²) in [5.41, 5.74) is 0. The highest BCUT2D eigenvalue weighted by molar-refractivity contribution is 5.74. The summed E-state index contributed by atoms with van der Waals surface area (Å²) in [5, 5.41) is 14.6. The van der Waals surface area contributed by atoms with Crippen LogP contribution in [0.2, 0.25) is 0 Å². The number of nitrogens with one attached hydrogen (secondary N) is 2. The molecule has 1 aliphatic rings. The Morgan fingerprint density at radius 1 is 1.56 bits per heavy atom. The van der Waals surface area contributed by atoms with E-state index in [2.05, 4.69) is 22.1 Å². The quantitative estimate of drug-likeness (QED) is 0.612. The highest BCUT2D eigenvalue weighted by Gasteiger charge is 2.20. The number of urea groups is 1. The third-order valence-electron chi connectivity index (χ3n) is 3.25. The first-order valence-electron chi connectivity index (χ1n) is 6.66. The van der Waals surface area contributed by atoms with Crippen LogP contribution in [0.25, 0.3) is 0 Å². The van der Waals surface area contributed by atoms with Gasteiger partial charge in [0.25, 0.3) is 0 Å². The van der Waals surface area contributed by atoms with Crippen LogP contribution in [0.15, 0.2) is 12.7 Å². The molecule has 0 spiro atoms. The van der Waals surface area contributed by atoms with E-state index in [4.69, 9.17) is 5.11 Å². The molecule has 104 valence electrons. The summed E-state index contributed by atoms with van der Waals surface area (Å²) in [7, 11) is 0. The molecule has 1 fully saturated rings. The number of hydrogen-bond acceptors (Lipinski definition) is 3. The normalized spacial score (nSPS) is 19.2. The number of nitrogens with zero attached hydrogens (tertiary/aromatic N) is 1. The number of aliphatic hydroxyl groups is 1. The number of carbonyl (C=O) groups is 1. The summed E-state index contributed by atoms with van der Waals surface area (Å²) in [6.45, 7) is 8.65. The van der Waals surface area contributed by atoms with E-state index in [1.54, 1.807) is 0 Å². The molecule has 1 saturated heterocycles. The van der Waals surface area contributed by atoms with Gasteiger partial charge in [-0.1, -0.05) is 6.08 Å². The van der Waals surface area contributed by atoms with E-state index in [0.717, 1.165) is 32.5 Å². The maximum Gasteiger partial charge on any atom is 0.315 e. The molecule has 1 aliphatic heterocycles. The molecule has 1 rings (SSSR count). The van der Waals surface area contributed by atoms with Crippen LogP contribution >= 0.6 is 0 Å². The van der Waals surface area contributed by atoms with Gasteiger partial charge in [-0.15, -0.1) is 6.58 Å². The molecule has 18 heavy (non-hydrogen) atoms. The van der Waals surface area contributed by atoms with Gasteiger partial charge in [0.2, 0.25) is 0 Å². The second-order valence-corrected chi connectivity index (χ2v) is 4.89. The van der Waals surface area contributed by atoms with Crippen LogP contribution in [0.4, 0.5) is 4.79 Å². The van der Waals surface area contributed by atoms with Crippen LogP contribution in [0, 0.1) is 0 Å². The first-order valence-corrected chi connectivity index (χ1v) is 6.66. The van der Waals surface area contributed by atoms with Crippen LogP contribution in [-0.4, -0.2) is 54.4 Å². The van der Waals surface area contributed by atoms with Crippen molar-refractivity contribution in [3.63, 3.8) is 0 Å². The van der Waals surface area contributed by atoms with Gasteiger partial charge in [0, 0.05) is 38.3 Å². The van der Waals surface area contributed by atoms with Gasteiger partial charge in [-0.05, 0) is 26.2 Å². The topological polar surface area (TPSA) is 64.6 Å². The Labute approximate surface area is 109 Å². The van der Waals surface area contributed by atoms with Gasteiger partial charge in [-0.3, -0.25) is 4.90 Å². The van der Waals surface area contributed by atoms with Crippen LogP contribution in [-0.2, 0) is 0 Å². The second-order valence-electron chi connectivity index (χ2n) is 4.89. The summed E-state index contributed by atoms with van der Waals surface area (Å²) in [5.74, 6) is 0. The first kappa shape index (κ1) is 15.0. The van der Waals surface area contributed by atoms with E-state index >= 15 is 0 Å². The predicted octanol–water partition coefficient (Wildman–Crippen LogP) is 0.707. The Kier molecular flexibility index (Phi) is 6.75. The van der Waals surface area contributed by atoms with Gasteiger partial charge >= 0.3 is 6.03 Å². The van der Waals surface area contributed by atoms with E-state index in [9.17, 15) is 4.79 Å². The third-order valence-corrected chi connectivity index (χ3v) is 3.25. The molecule has 0 aromatic rings. The summed E-state index contributed by atoms with van der Waals surface area (Å²) in [6.07, 6.45) is 4.47. The van der Waals surface area contributed by atoms with Crippen molar-refractivity contribution in [3.05, 3.63) is 12.7 Å². The lowest BCUT2D eigenvalue weighted by Crippen LogP contribution is -2.49. The molecular weight excluding hydrogens is 230 g/mol. The molecule has 5 nitrogen and oxygen atoms in total. The highest BCUT2D eigenvalue weighted by Crippen LogP contribution is 2.09. The zero-order valence-electron chi connectivity index (χ0n) is 11.2. The highest BCUT2D eigenvalue weighted by atomic mass is 16.3. The van der Waals surface area contributed by atoms with Crippen molar-refractivity contribution in [1.82, 2.24) is 15.5 Å². The Morgan fingerprint density at radius 3 is 2.78 bits per heavy atom. The van der Waals surface area contributed by atoms with E-state index < -0.39 is 0 Å².